The highest BCUT2D eigenvalue weighted by atomic mass is 16.6. The summed E-state index contributed by atoms with van der Waals surface area (Å²) in [5, 5.41) is 0. The van der Waals surface area contributed by atoms with E-state index in [-0.39, 0.29) is 30.1 Å². The Morgan fingerprint density at radius 1 is 0.700 bits per heavy atom. The van der Waals surface area contributed by atoms with E-state index in [9.17, 15) is 14.4 Å². The van der Waals surface area contributed by atoms with Crippen molar-refractivity contribution in [3.8, 4) is 0 Å². The second-order valence-corrected chi connectivity index (χ2v) is 10.6. The number of rotatable bonds is 4. The maximum atomic E-state index is 12.9. The smallest absolute Gasteiger partial charge is 0.410 e. The molecule has 0 aliphatic carbocycles. The van der Waals surface area contributed by atoms with Gasteiger partial charge < -0.3 is 19.3 Å². The van der Waals surface area contributed by atoms with Gasteiger partial charge in [-0.1, -0.05) is 0 Å². The summed E-state index contributed by atoms with van der Waals surface area (Å²) in [6.45, 7) is 12.4. The summed E-state index contributed by atoms with van der Waals surface area (Å²) in [4.78, 5) is 41.6. The Bertz CT molecular complexity index is 568. The van der Waals surface area contributed by atoms with Gasteiger partial charge in [0.2, 0.25) is 0 Å². The molecule has 0 N–H and O–H groups in total. The Kier molecular flexibility index (Phi) is 8.17. The summed E-state index contributed by atoms with van der Waals surface area (Å²) in [7, 11) is 0. The van der Waals surface area contributed by atoms with E-state index in [1.165, 1.54) is 0 Å². The van der Waals surface area contributed by atoms with Crippen molar-refractivity contribution < 1.29 is 23.9 Å². The molecule has 0 saturated carbocycles. The summed E-state index contributed by atoms with van der Waals surface area (Å²) >= 11 is 0. The van der Waals surface area contributed by atoms with Gasteiger partial charge in [0.15, 0.2) is 0 Å². The van der Waals surface area contributed by atoms with Crippen molar-refractivity contribution in [3.63, 3.8) is 0 Å². The quantitative estimate of drug-likeness (QED) is 0.640. The molecular formula is C23H40N2O5. The fraction of sp³-hybridized carbons (Fsp3) is 0.870. The average molecular weight is 425 g/mol. The minimum atomic E-state index is -0.556. The second kappa shape index (κ2) is 10.0. The van der Waals surface area contributed by atoms with E-state index >= 15 is 0 Å². The molecule has 2 rings (SSSR count). The molecule has 0 radical (unpaired) electrons. The normalized spacial score (nSPS) is 23.1. The molecule has 2 aliphatic rings. The molecule has 0 unspecified atom stereocenters. The Hall–Kier alpha value is -1.79. The Morgan fingerprint density at radius 3 is 1.40 bits per heavy atom. The maximum Gasteiger partial charge on any atom is 0.410 e. The first-order chi connectivity index (χ1) is 13.9. The van der Waals surface area contributed by atoms with Gasteiger partial charge in [0.05, 0.1) is 0 Å². The van der Waals surface area contributed by atoms with Crippen molar-refractivity contribution >= 4 is 18.0 Å². The zero-order valence-corrected chi connectivity index (χ0v) is 19.7. The topological polar surface area (TPSA) is 76.2 Å². The van der Waals surface area contributed by atoms with E-state index in [2.05, 4.69) is 0 Å². The van der Waals surface area contributed by atoms with Gasteiger partial charge in [0, 0.05) is 38.0 Å². The van der Waals surface area contributed by atoms with E-state index in [1.807, 2.05) is 41.5 Å². The van der Waals surface area contributed by atoms with Gasteiger partial charge in [-0.15, -0.1) is 0 Å². The van der Waals surface area contributed by atoms with Crippen molar-refractivity contribution in [3.05, 3.63) is 0 Å². The number of amides is 2. The number of Topliss-reactive ketones (excluding diaryl/α,β-unsaturated/α-hetero) is 1. The fourth-order valence-corrected chi connectivity index (χ4v) is 4.16. The van der Waals surface area contributed by atoms with Crippen LogP contribution in [0.15, 0.2) is 0 Å². The lowest BCUT2D eigenvalue weighted by Gasteiger charge is -2.38. The SMILES string of the molecule is CC(C)(C)OC(=O)N1CCCC[C@@H]1CC(=O)C[C@H]1CCCCN1C(=O)OC(C)(C)C. The van der Waals surface area contributed by atoms with Crippen LogP contribution in [0, 0.1) is 0 Å². The van der Waals surface area contributed by atoms with Crippen LogP contribution in [0.3, 0.4) is 0 Å². The zero-order valence-electron chi connectivity index (χ0n) is 19.7. The molecule has 2 saturated heterocycles. The molecule has 172 valence electrons. The first-order valence-corrected chi connectivity index (χ1v) is 11.4. The van der Waals surface area contributed by atoms with Gasteiger partial charge in [-0.2, -0.15) is 0 Å². The molecule has 2 heterocycles. The van der Waals surface area contributed by atoms with Crippen LogP contribution in [-0.2, 0) is 14.3 Å². The molecule has 30 heavy (non-hydrogen) atoms. The predicted molar refractivity (Wildman–Crippen MR) is 115 cm³/mol. The van der Waals surface area contributed by atoms with Crippen LogP contribution in [0.25, 0.3) is 0 Å². The van der Waals surface area contributed by atoms with Gasteiger partial charge in [-0.3, -0.25) is 4.79 Å². The van der Waals surface area contributed by atoms with Crippen LogP contribution >= 0.6 is 0 Å². The zero-order chi connectivity index (χ0) is 22.5. The van der Waals surface area contributed by atoms with Crippen molar-refractivity contribution in [1.82, 2.24) is 9.80 Å². The van der Waals surface area contributed by atoms with Crippen LogP contribution < -0.4 is 0 Å². The Labute approximate surface area is 181 Å². The molecule has 7 heteroatoms. The molecule has 0 spiro atoms. The molecule has 0 aromatic heterocycles. The van der Waals surface area contributed by atoms with E-state index in [1.54, 1.807) is 9.80 Å². The number of hydrogen-bond acceptors (Lipinski definition) is 5. The molecule has 2 aliphatic heterocycles. The number of carbonyl (C=O) groups is 3. The summed E-state index contributed by atoms with van der Waals surface area (Å²) in [5.74, 6) is 0.0934. The molecule has 2 atom stereocenters. The number of ether oxygens (including phenoxy) is 2. The highest BCUT2D eigenvalue weighted by Gasteiger charge is 2.35. The van der Waals surface area contributed by atoms with Crippen LogP contribution in [0.2, 0.25) is 0 Å². The minimum Gasteiger partial charge on any atom is -0.444 e. The third-order valence-electron chi connectivity index (χ3n) is 5.44. The first-order valence-electron chi connectivity index (χ1n) is 11.4. The molecule has 0 aromatic rings. The highest BCUT2D eigenvalue weighted by Crippen LogP contribution is 2.26. The number of ketones is 1. The van der Waals surface area contributed by atoms with Crippen LogP contribution in [0.4, 0.5) is 9.59 Å². The summed E-state index contributed by atoms with van der Waals surface area (Å²) in [6.07, 6.45) is 5.45. The van der Waals surface area contributed by atoms with E-state index in [0.717, 1.165) is 38.5 Å². The van der Waals surface area contributed by atoms with Gasteiger partial charge in [-0.05, 0) is 80.1 Å². The van der Waals surface area contributed by atoms with Crippen molar-refractivity contribution in [2.45, 2.75) is 116 Å². The lowest BCUT2D eigenvalue weighted by Crippen LogP contribution is -2.48. The van der Waals surface area contributed by atoms with Crippen LogP contribution in [0.5, 0.6) is 0 Å². The summed E-state index contributed by atoms with van der Waals surface area (Å²) < 4.78 is 11.1. The lowest BCUT2D eigenvalue weighted by atomic mass is 9.92. The molecule has 2 fully saturated rings. The number of likely N-dealkylation sites (tertiary alicyclic amines) is 2. The Morgan fingerprint density at radius 2 is 1.07 bits per heavy atom. The number of piperidine rings is 2. The van der Waals surface area contributed by atoms with Gasteiger partial charge in [-0.25, -0.2) is 9.59 Å². The first kappa shape index (κ1) is 24.5. The minimum absolute atomic E-state index is 0.0934. The molecule has 2 amide bonds. The van der Waals surface area contributed by atoms with Crippen molar-refractivity contribution in [2.75, 3.05) is 13.1 Å². The second-order valence-electron chi connectivity index (χ2n) is 10.6. The lowest BCUT2D eigenvalue weighted by molar-refractivity contribution is -0.121. The molecular weight excluding hydrogens is 384 g/mol. The summed E-state index contributed by atoms with van der Waals surface area (Å²) in [5.41, 5.74) is -1.11. The predicted octanol–water partition coefficient (Wildman–Crippen LogP) is 4.91. The van der Waals surface area contributed by atoms with Gasteiger partial charge in [0.25, 0.3) is 0 Å². The third-order valence-corrected chi connectivity index (χ3v) is 5.44. The Balaban J connectivity index is 1.97. The van der Waals surface area contributed by atoms with E-state index < -0.39 is 11.2 Å². The monoisotopic (exact) mass is 424 g/mol. The number of hydrogen-bond donors (Lipinski definition) is 0. The molecule has 7 nitrogen and oxygen atoms in total. The van der Waals surface area contributed by atoms with Gasteiger partial charge >= 0.3 is 12.2 Å². The largest absolute Gasteiger partial charge is 0.444 e. The standard InChI is InChI=1S/C23H40N2O5/c1-22(2,3)29-20(27)24-13-9-7-11-17(24)15-19(26)16-18-12-8-10-14-25(18)21(28)30-23(4,5)6/h17-18H,7-16H2,1-6H3/t17-,18-/m1/s1. The summed E-state index contributed by atoms with van der Waals surface area (Å²) in [6, 6.07) is -0.251. The van der Waals surface area contributed by atoms with E-state index in [0.29, 0.717) is 25.9 Å². The molecule has 0 bridgehead atoms. The van der Waals surface area contributed by atoms with Crippen molar-refractivity contribution in [1.29, 1.82) is 0 Å². The van der Waals surface area contributed by atoms with Crippen LogP contribution in [0.1, 0.15) is 92.9 Å². The average Bonchev–Trinajstić information content (AvgIpc) is 2.59. The number of carbonyl (C=O) groups excluding carboxylic acids is 3. The van der Waals surface area contributed by atoms with Crippen LogP contribution in [-0.4, -0.2) is 64.1 Å². The highest BCUT2D eigenvalue weighted by molar-refractivity contribution is 5.81. The van der Waals surface area contributed by atoms with Gasteiger partial charge in [0.1, 0.15) is 17.0 Å². The number of nitrogens with zero attached hydrogens (tertiary/aromatic N) is 2. The maximum absolute atomic E-state index is 12.9. The molecule has 0 aromatic carbocycles. The third kappa shape index (κ3) is 7.80. The fourth-order valence-electron chi connectivity index (χ4n) is 4.16. The van der Waals surface area contributed by atoms with E-state index in [4.69, 9.17) is 9.47 Å². The van der Waals surface area contributed by atoms with Crippen molar-refractivity contribution in [2.24, 2.45) is 0 Å².